The molecule has 1 aromatic rings. The molecule has 138 valence electrons. The number of nitrogens with zero attached hydrogens (tertiary/aromatic N) is 2. The second-order valence-electron chi connectivity index (χ2n) is 7.23. The zero-order valence-corrected chi connectivity index (χ0v) is 15.3. The number of carbonyl (C=O) groups is 1. The number of carbonyl (C=O) groups excluding carboxylic acids is 1. The van der Waals surface area contributed by atoms with Crippen molar-refractivity contribution in [3.05, 3.63) is 24.0 Å². The third kappa shape index (κ3) is 4.24. The molecule has 0 radical (unpaired) electrons. The van der Waals surface area contributed by atoms with Gasteiger partial charge in [-0.25, -0.2) is 4.39 Å². The van der Waals surface area contributed by atoms with E-state index in [1.807, 2.05) is 36.6 Å². The quantitative estimate of drug-likeness (QED) is 0.908. The first kappa shape index (κ1) is 18.0. The third-order valence-corrected chi connectivity index (χ3v) is 4.88. The zero-order chi connectivity index (χ0) is 18.0. The van der Waals surface area contributed by atoms with Gasteiger partial charge in [0.1, 0.15) is 11.9 Å². The lowest BCUT2D eigenvalue weighted by atomic mass is 10.1. The fourth-order valence-electron chi connectivity index (χ4n) is 3.75. The number of ether oxygens (including phenoxy) is 1. The molecular formula is C19H28FN3O2. The van der Waals surface area contributed by atoms with E-state index < -0.39 is 0 Å². The number of rotatable bonds is 4. The summed E-state index contributed by atoms with van der Waals surface area (Å²) in [5.41, 5.74) is 1.22. The zero-order valence-electron chi connectivity index (χ0n) is 15.3. The van der Waals surface area contributed by atoms with E-state index in [1.165, 1.54) is 6.07 Å². The number of halogens is 1. The van der Waals surface area contributed by atoms with Crippen LogP contribution in [0.25, 0.3) is 0 Å². The monoisotopic (exact) mass is 349 g/mol. The molecule has 2 fully saturated rings. The third-order valence-electron chi connectivity index (χ3n) is 4.88. The Morgan fingerprint density at radius 1 is 1.24 bits per heavy atom. The number of benzene rings is 1. The number of anilines is 2. The maximum Gasteiger partial charge on any atom is 0.244 e. The van der Waals surface area contributed by atoms with Gasteiger partial charge in [0.2, 0.25) is 5.91 Å². The summed E-state index contributed by atoms with van der Waals surface area (Å²) in [6.45, 7) is 8.84. The molecule has 6 heteroatoms. The number of likely N-dealkylation sites (tertiary alicyclic amines) is 1. The molecule has 0 spiro atoms. The van der Waals surface area contributed by atoms with Crippen LogP contribution in [0.5, 0.6) is 0 Å². The van der Waals surface area contributed by atoms with E-state index in [2.05, 4.69) is 5.32 Å². The molecule has 0 aromatic heterocycles. The maximum atomic E-state index is 14.6. The van der Waals surface area contributed by atoms with Gasteiger partial charge in [0.05, 0.1) is 17.9 Å². The van der Waals surface area contributed by atoms with E-state index in [-0.39, 0.29) is 30.0 Å². The average Bonchev–Trinajstić information content (AvgIpc) is 3.07. The van der Waals surface area contributed by atoms with E-state index in [1.54, 1.807) is 6.07 Å². The highest BCUT2D eigenvalue weighted by Gasteiger charge is 2.25. The van der Waals surface area contributed by atoms with Crippen LogP contribution in [0.15, 0.2) is 18.2 Å². The van der Waals surface area contributed by atoms with Gasteiger partial charge in [-0.15, -0.1) is 0 Å². The molecule has 25 heavy (non-hydrogen) atoms. The van der Waals surface area contributed by atoms with Crippen LogP contribution in [0.2, 0.25) is 0 Å². The highest BCUT2D eigenvalue weighted by atomic mass is 19.1. The summed E-state index contributed by atoms with van der Waals surface area (Å²) in [5, 5.41) is 3.13. The van der Waals surface area contributed by atoms with Crippen molar-refractivity contribution >= 4 is 17.3 Å². The Kier molecular flexibility index (Phi) is 5.47. The Morgan fingerprint density at radius 2 is 1.88 bits per heavy atom. The van der Waals surface area contributed by atoms with E-state index in [0.29, 0.717) is 24.5 Å². The summed E-state index contributed by atoms with van der Waals surface area (Å²) in [6, 6.07) is 4.76. The molecule has 2 saturated heterocycles. The predicted molar refractivity (Wildman–Crippen MR) is 97.5 cm³/mol. The minimum atomic E-state index is -0.355. The minimum Gasteiger partial charge on any atom is -0.374 e. The summed E-state index contributed by atoms with van der Waals surface area (Å²) in [7, 11) is 0. The van der Waals surface area contributed by atoms with Crippen LogP contribution in [0.3, 0.4) is 0 Å². The van der Waals surface area contributed by atoms with Gasteiger partial charge < -0.3 is 19.9 Å². The Hall–Kier alpha value is -1.82. The molecule has 2 aliphatic rings. The van der Waals surface area contributed by atoms with Crippen LogP contribution < -0.4 is 10.2 Å². The lowest BCUT2D eigenvalue weighted by molar-refractivity contribution is -0.130. The van der Waals surface area contributed by atoms with Crippen LogP contribution >= 0.6 is 0 Å². The highest BCUT2D eigenvalue weighted by molar-refractivity contribution is 5.84. The molecule has 3 rings (SSSR count). The van der Waals surface area contributed by atoms with E-state index in [4.69, 9.17) is 4.74 Å². The van der Waals surface area contributed by atoms with E-state index in [0.717, 1.165) is 25.9 Å². The van der Waals surface area contributed by atoms with Crippen LogP contribution in [0.1, 0.15) is 33.6 Å². The lowest BCUT2D eigenvalue weighted by Gasteiger charge is -2.37. The molecule has 2 aliphatic heterocycles. The molecule has 0 unspecified atom stereocenters. The molecule has 1 amide bonds. The molecule has 0 aliphatic carbocycles. The van der Waals surface area contributed by atoms with Crippen molar-refractivity contribution in [2.24, 2.45) is 0 Å². The van der Waals surface area contributed by atoms with Gasteiger partial charge in [0.15, 0.2) is 0 Å². The van der Waals surface area contributed by atoms with Gasteiger partial charge in [0.25, 0.3) is 0 Å². The largest absolute Gasteiger partial charge is 0.374 e. The van der Waals surface area contributed by atoms with Gasteiger partial charge in [-0.3, -0.25) is 4.79 Å². The first-order valence-electron chi connectivity index (χ1n) is 9.19. The summed E-state index contributed by atoms with van der Waals surface area (Å²) < 4.78 is 20.3. The van der Waals surface area contributed by atoms with Crippen LogP contribution in [0.4, 0.5) is 15.8 Å². The number of morpholine rings is 1. The van der Waals surface area contributed by atoms with Crippen molar-refractivity contribution < 1.29 is 13.9 Å². The fraction of sp³-hybridized carbons (Fsp3) is 0.632. The Balaban J connectivity index is 1.66. The molecule has 5 nitrogen and oxygen atoms in total. The van der Waals surface area contributed by atoms with E-state index >= 15 is 0 Å². The molecule has 1 aromatic carbocycles. The smallest absolute Gasteiger partial charge is 0.244 e. The second kappa shape index (κ2) is 7.60. The van der Waals surface area contributed by atoms with Gasteiger partial charge in [-0.1, -0.05) is 0 Å². The normalized spacial score (nSPS) is 25.1. The molecule has 3 atom stereocenters. The Morgan fingerprint density at radius 3 is 2.48 bits per heavy atom. The lowest BCUT2D eigenvalue weighted by Crippen LogP contribution is -2.45. The number of hydrogen-bond acceptors (Lipinski definition) is 4. The van der Waals surface area contributed by atoms with E-state index in [9.17, 15) is 9.18 Å². The van der Waals surface area contributed by atoms with Crippen LogP contribution in [-0.4, -0.2) is 55.2 Å². The second-order valence-corrected chi connectivity index (χ2v) is 7.23. The maximum absolute atomic E-state index is 14.6. The number of nitrogens with one attached hydrogen (secondary N) is 1. The molecule has 0 bridgehead atoms. The first-order chi connectivity index (χ1) is 11.9. The van der Waals surface area contributed by atoms with Crippen molar-refractivity contribution in [3.63, 3.8) is 0 Å². The van der Waals surface area contributed by atoms with Crippen LogP contribution in [-0.2, 0) is 9.53 Å². The molecule has 1 N–H and O–H groups in total. The standard InChI is InChI=1S/C19H28FN3O2/c1-13-11-23(12-14(2)25-13)18-7-6-16(10-17(18)20)21-15(3)19(24)22-8-4-5-9-22/h6-7,10,13-15,21H,4-5,8-9,11-12H2,1-3H3/t13-,14+,15-/m1/s1. The number of hydrogen-bond donors (Lipinski definition) is 1. The summed E-state index contributed by atoms with van der Waals surface area (Å²) in [6.07, 6.45) is 2.30. The van der Waals surface area contributed by atoms with Gasteiger partial charge in [0, 0.05) is 31.9 Å². The van der Waals surface area contributed by atoms with Gasteiger partial charge >= 0.3 is 0 Å². The predicted octanol–water partition coefficient (Wildman–Crippen LogP) is 2.86. The molecule has 2 heterocycles. The first-order valence-corrected chi connectivity index (χ1v) is 9.19. The van der Waals surface area contributed by atoms with Crippen molar-refractivity contribution in [2.45, 2.75) is 51.9 Å². The summed E-state index contributed by atoms with van der Waals surface area (Å²) >= 11 is 0. The SMILES string of the molecule is C[C@@H]1CN(c2ccc(N[C@H](C)C(=O)N3CCCC3)cc2F)C[C@H](C)O1. The Bertz CT molecular complexity index is 609. The summed E-state index contributed by atoms with van der Waals surface area (Å²) in [5.74, 6) is -0.190. The molecule has 0 saturated carbocycles. The molecular weight excluding hydrogens is 321 g/mol. The topological polar surface area (TPSA) is 44.8 Å². The fourth-order valence-corrected chi connectivity index (χ4v) is 3.75. The minimum absolute atomic E-state index is 0.0813. The highest BCUT2D eigenvalue weighted by Crippen LogP contribution is 2.26. The van der Waals surface area contributed by atoms with Gasteiger partial charge in [-0.2, -0.15) is 0 Å². The Labute approximate surface area is 149 Å². The van der Waals surface area contributed by atoms with Crippen molar-refractivity contribution in [3.8, 4) is 0 Å². The van der Waals surface area contributed by atoms with Crippen LogP contribution in [0, 0.1) is 5.82 Å². The van der Waals surface area contributed by atoms with Crippen molar-refractivity contribution in [2.75, 3.05) is 36.4 Å². The number of amides is 1. The van der Waals surface area contributed by atoms with Gasteiger partial charge in [-0.05, 0) is 51.8 Å². The average molecular weight is 349 g/mol. The van der Waals surface area contributed by atoms with Crippen molar-refractivity contribution in [1.29, 1.82) is 0 Å². The van der Waals surface area contributed by atoms with Crippen molar-refractivity contribution in [1.82, 2.24) is 4.90 Å². The summed E-state index contributed by atoms with van der Waals surface area (Å²) in [4.78, 5) is 16.3.